The topological polar surface area (TPSA) is 49.2 Å². The molecular formula is C23H19Cl2N3O2S. The summed E-state index contributed by atoms with van der Waals surface area (Å²) in [6.07, 6.45) is 0. The SMILES string of the molecule is COc1ccc(-n2c(SCc3c(Cl)cccc3Cl)nnc2-c2cccc(OC)c2)cc1. The largest absolute Gasteiger partial charge is 0.497 e. The highest BCUT2D eigenvalue weighted by atomic mass is 35.5. The van der Waals surface area contributed by atoms with Crippen molar-refractivity contribution < 1.29 is 9.47 Å². The van der Waals surface area contributed by atoms with Gasteiger partial charge in [-0.15, -0.1) is 10.2 Å². The molecule has 4 rings (SSSR count). The predicted molar refractivity (Wildman–Crippen MR) is 126 cm³/mol. The molecule has 8 heteroatoms. The van der Waals surface area contributed by atoms with Crippen LogP contribution >= 0.6 is 35.0 Å². The first-order valence-corrected chi connectivity index (χ1v) is 11.1. The minimum atomic E-state index is 0.560. The van der Waals surface area contributed by atoms with E-state index in [-0.39, 0.29) is 0 Å². The van der Waals surface area contributed by atoms with Crippen molar-refractivity contribution in [2.45, 2.75) is 10.9 Å². The van der Waals surface area contributed by atoms with Crippen LogP contribution in [0.5, 0.6) is 11.5 Å². The van der Waals surface area contributed by atoms with Gasteiger partial charge in [0, 0.05) is 27.0 Å². The summed E-state index contributed by atoms with van der Waals surface area (Å²) in [5.74, 6) is 2.79. The number of benzene rings is 3. The van der Waals surface area contributed by atoms with Crippen LogP contribution in [0.2, 0.25) is 10.0 Å². The molecule has 0 spiro atoms. The van der Waals surface area contributed by atoms with E-state index in [1.807, 2.05) is 71.3 Å². The van der Waals surface area contributed by atoms with E-state index < -0.39 is 0 Å². The molecule has 0 radical (unpaired) electrons. The summed E-state index contributed by atoms with van der Waals surface area (Å²) >= 11 is 14.2. The van der Waals surface area contributed by atoms with E-state index in [0.717, 1.165) is 33.5 Å². The molecule has 3 aromatic carbocycles. The van der Waals surface area contributed by atoms with Gasteiger partial charge in [0.05, 0.1) is 14.2 Å². The number of methoxy groups -OCH3 is 2. The van der Waals surface area contributed by atoms with E-state index in [9.17, 15) is 0 Å². The number of aromatic nitrogens is 3. The third-order valence-corrected chi connectivity index (χ3v) is 6.36. The van der Waals surface area contributed by atoms with Crippen LogP contribution < -0.4 is 9.47 Å². The van der Waals surface area contributed by atoms with Crippen molar-refractivity contribution in [3.8, 4) is 28.6 Å². The van der Waals surface area contributed by atoms with Gasteiger partial charge in [0.15, 0.2) is 11.0 Å². The highest BCUT2D eigenvalue weighted by molar-refractivity contribution is 7.98. The lowest BCUT2D eigenvalue weighted by atomic mass is 10.2. The molecule has 0 aliphatic carbocycles. The molecule has 0 saturated carbocycles. The third-order valence-electron chi connectivity index (χ3n) is 4.70. The van der Waals surface area contributed by atoms with Crippen LogP contribution in [-0.4, -0.2) is 29.0 Å². The maximum atomic E-state index is 6.35. The molecular weight excluding hydrogens is 453 g/mol. The Morgan fingerprint density at radius 1 is 0.839 bits per heavy atom. The molecule has 0 N–H and O–H groups in total. The first kappa shape index (κ1) is 21.6. The van der Waals surface area contributed by atoms with Crippen LogP contribution in [-0.2, 0) is 5.75 Å². The second kappa shape index (κ2) is 9.64. The Kier molecular flexibility index (Phi) is 6.70. The fourth-order valence-corrected chi connectivity index (χ4v) is 4.78. The Hall–Kier alpha value is -2.67. The lowest BCUT2D eigenvalue weighted by Crippen LogP contribution is -2.00. The van der Waals surface area contributed by atoms with Crippen molar-refractivity contribution in [3.05, 3.63) is 82.3 Å². The first-order valence-electron chi connectivity index (χ1n) is 9.40. The molecule has 0 fully saturated rings. The van der Waals surface area contributed by atoms with Crippen molar-refractivity contribution in [2.75, 3.05) is 14.2 Å². The zero-order valence-electron chi connectivity index (χ0n) is 16.9. The van der Waals surface area contributed by atoms with Gasteiger partial charge in [-0.2, -0.15) is 0 Å². The number of hydrogen-bond donors (Lipinski definition) is 0. The molecule has 0 aliphatic heterocycles. The van der Waals surface area contributed by atoms with Gasteiger partial charge in [-0.3, -0.25) is 4.57 Å². The van der Waals surface area contributed by atoms with Crippen LogP contribution in [0, 0.1) is 0 Å². The minimum absolute atomic E-state index is 0.560. The first-order chi connectivity index (χ1) is 15.1. The van der Waals surface area contributed by atoms with E-state index in [4.69, 9.17) is 32.7 Å². The highest BCUT2D eigenvalue weighted by Gasteiger charge is 2.18. The molecule has 1 aromatic heterocycles. The monoisotopic (exact) mass is 471 g/mol. The Morgan fingerprint density at radius 2 is 1.52 bits per heavy atom. The molecule has 31 heavy (non-hydrogen) atoms. The van der Waals surface area contributed by atoms with E-state index >= 15 is 0 Å². The fourth-order valence-electron chi connectivity index (χ4n) is 3.08. The zero-order chi connectivity index (χ0) is 21.8. The third kappa shape index (κ3) is 4.66. The molecule has 158 valence electrons. The summed E-state index contributed by atoms with van der Waals surface area (Å²) in [7, 11) is 3.28. The van der Waals surface area contributed by atoms with Crippen LogP contribution in [0.15, 0.2) is 71.9 Å². The summed E-state index contributed by atoms with van der Waals surface area (Å²) in [6.45, 7) is 0. The standard InChI is InChI=1S/C23H19Cl2N3O2S/c1-29-17-11-9-16(10-12-17)28-22(15-5-3-6-18(13-15)30-2)26-27-23(28)31-14-19-20(24)7-4-8-21(19)25/h3-13H,14H2,1-2H3. The van der Waals surface area contributed by atoms with Crippen molar-refractivity contribution >= 4 is 35.0 Å². The maximum Gasteiger partial charge on any atom is 0.196 e. The quantitative estimate of drug-likeness (QED) is 0.286. The fraction of sp³-hybridized carbons (Fsp3) is 0.130. The number of halogens is 2. The molecule has 0 saturated heterocycles. The normalized spacial score (nSPS) is 10.8. The molecule has 4 aromatic rings. The number of rotatable bonds is 7. The number of hydrogen-bond acceptors (Lipinski definition) is 5. The Labute approximate surface area is 194 Å². The molecule has 0 amide bonds. The van der Waals surface area contributed by atoms with Crippen LogP contribution in [0.3, 0.4) is 0 Å². The number of thioether (sulfide) groups is 1. The minimum Gasteiger partial charge on any atom is -0.497 e. The summed E-state index contributed by atoms with van der Waals surface area (Å²) < 4.78 is 12.7. The van der Waals surface area contributed by atoms with Gasteiger partial charge in [-0.1, -0.05) is 53.2 Å². The lowest BCUT2D eigenvalue weighted by Gasteiger charge is -2.12. The van der Waals surface area contributed by atoms with Gasteiger partial charge >= 0.3 is 0 Å². The lowest BCUT2D eigenvalue weighted by molar-refractivity contribution is 0.414. The van der Waals surface area contributed by atoms with Crippen LogP contribution in [0.1, 0.15) is 5.56 Å². The summed E-state index contributed by atoms with van der Waals surface area (Å²) in [5, 5.41) is 10.9. The molecule has 1 heterocycles. The van der Waals surface area contributed by atoms with Gasteiger partial charge in [0.2, 0.25) is 0 Å². The van der Waals surface area contributed by atoms with E-state index in [2.05, 4.69) is 10.2 Å². The summed E-state index contributed by atoms with van der Waals surface area (Å²) in [6, 6.07) is 21.0. The molecule has 0 bridgehead atoms. The average Bonchev–Trinajstić information content (AvgIpc) is 3.23. The smallest absolute Gasteiger partial charge is 0.196 e. The van der Waals surface area contributed by atoms with Gasteiger partial charge in [-0.25, -0.2) is 0 Å². The van der Waals surface area contributed by atoms with E-state index in [1.54, 1.807) is 14.2 Å². The van der Waals surface area contributed by atoms with Gasteiger partial charge in [0.25, 0.3) is 0 Å². The average molecular weight is 472 g/mol. The predicted octanol–water partition coefficient (Wildman–Crippen LogP) is 6.55. The van der Waals surface area contributed by atoms with E-state index in [0.29, 0.717) is 21.6 Å². The van der Waals surface area contributed by atoms with Gasteiger partial charge in [-0.05, 0) is 54.1 Å². The molecule has 0 atom stereocenters. The Bertz CT molecular complexity index is 1180. The number of ether oxygens (including phenoxy) is 2. The van der Waals surface area contributed by atoms with Crippen molar-refractivity contribution in [3.63, 3.8) is 0 Å². The molecule has 5 nitrogen and oxygen atoms in total. The van der Waals surface area contributed by atoms with Crippen molar-refractivity contribution in [2.24, 2.45) is 0 Å². The Balaban J connectivity index is 1.76. The summed E-state index contributed by atoms with van der Waals surface area (Å²) in [4.78, 5) is 0. The summed E-state index contributed by atoms with van der Waals surface area (Å²) in [5.41, 5.74) is 2.67. The van der Waals surface area contributed by atoms with Crippen molar-refractivity contribution in [1.82, 2.24) is 14.8 Å². The van der Waals surface area contributed by atoms with Gasteiger partial charge < -0.3 is 9.47 Å². The van der Waals surface area contributed by atoms with Crippen molar-refractivity contribution in [1.29, 1.82) is 0 Å². The maximum absolute atomic E-state index is 6.35. The second-order valence-electron chi connectivity index (χ2n) is 6.56. The highest BCUT2D eigenvalue weighted by Crippen LogP contribution is 2.34. The zero-order valence-corrected chi connectivity index (χ0v) is 19.2. The van der Waals surface area contributed by atoms with Crippen LogP contribution in [0.4, 0.5) is 0 Å². The van der Waals surface area contributed by atoms with E-state index in [1.165, 1.54) is 11.8 Å². The Morgan fingerprint density at radius 3 is 2.19 bits per heavy atom. The van der Waals surface area contributed by atoms with Gasteiger partial charge in [0.1, 0.15) is 11.5 Å². The number of nitrogens with zero attached hydrogens (tertiary/aromatic N) is 3. The molecule has 0 unspecified atom stereocenters. The second-order valence-corrected chi connectivity index (χ2v) is 8.32. The molecule has 0 aliphatic rings. The van der Waals surface area contributed by atoms with Crippen LogP contribution in [0.25, 0.3) is 17.1 Å².